The molecule has 1 N–H and O–H groups in total. The van der Waals surface area contributed by atoms with Gasteiger partial charge in [-0.15, -0.1) is 10.2 Å². The first kappa shape index (κ1) is 19.4. The number of aryl methyl sites for hydroxylation is 1. The van der Waals surface area contributed by atoms with Crippen LogP contribution in [0, 0.1) is 6.92 Å². The minimum absolute atomic E-state index is 0.118. The molecule has 0 aliphatic carbocycles. The molecule has 0 radical (unpaired) electrons. The SMILES string of the molecule is COc1ccc(NC(=O)C(Cc2ccccc2)n2cccc2)cc1-c1nnc(C)o1. The Balaban J connectivity index is 1.61. The number of nitrogens with zero attached hydrogens (tertiary/aromatic N) is 3. The zero-order valence-corrected chi connectivity index (χ0v) is 16.8. The molecule has 0 saturated carbocycles. The van der Waals surface area contributed by atoms with Gasteiger partial charge in [-0.3, -0.25) is 4.79 Å². The van der Waals surface area contributed by atoms with E-state index in [1.165, 1.54) is 0 Å². The van der Waals surface area contributed by atoms with Crippen molar-refractivity contribution in [2.75, 3.05) is 12.4 Å². The van der Waals surface area contributed by atoms with E-state index < -0.39 is 6.04 Å². The minimum atomic E-state index is -0.390. The van der Waals surface area contributed by atoms with Crippen LogP contribution in [0.2, 0.25) is 0 Å². The smallest absolute Gasteiger partial charge is 0.251 e. The Morgan fingerprint density at radius 3 is 2.53 bits per heavy atom. The average Bonchev–Trinajstić information content (AvgIpc) is 3.44. The second-order valence-corrected chi connectivity index (χ2v) is 6.87. The molecule has 2 aromatic heterocycles. The van der Waals surface area contributed by atoms with Crippen LogP contribution in [-0.4, -0.2) is 27.8 Å². The number of benzene rings is 2. The number of ether oxygens (including phenoxy) is 1. The molecule has 152 valence electrons. The van der Waals surface area contributed by atoms with Crippen molar-refractivity contribution in [3.05, 3.63) is 84.5 Å². The number of anilines is 1. The molecule has 0 spiro atoms. The van der Waals surface area contributed by atoms with Crippen molar-refractivity contribution >= 4 is 11.6 Å². The molecule has 0 saturated heterocycles. The highest BCUT2D eigenvalue weighted by Gasteiger charge is 2.21. The number of methoxy groups -OCH3 is 1. The Kier molecular flexibility index (Phi) is 5.61. The minimum Gasteiger partial charge on any atom is -0.496 e. The highest BCUT2D eigenvalue weighted by molar-refractivity contribution is 5.94. The topological polar surface area (TPSA) is 82.2 Å². The van der Waals surface area contributed by atoms with Crippen LogP contribution in [0.15, 0.2) is 77.5 Å². The molecule has 4 aromatic rings. The predicted octanol–water partition coefficient (Wildman–Crippen LogP) is 4.28. The molecule has 2 aromatic carbocycles. The summed E-state index contributed by atoms with van der Waals surface area (Å²) in [5.74, 6) is 1.26. The van der Waals surface area contributed by atoms with Gasteiger partial charge in [0.1, 0.15) is 11.8 Å². The summed E-state index contributed by atoms with van der Waals surface area (Å²) in [6.45, 7) is 1.72. The lowest BCUT2D eigenvalue weighted by molar-refractivity contribution is -0.119. The summed E-state index contributed by atoms with van der Waals surface area (Å²) in [5, 5.41) is 11.0. The molecular weight excluding hydrogens is 380 g/mol. The number of carbonyl (C=O) groups is 1. The van der Waals surface area contributed by atoms with E-state index in [1.807, 2.05) is 59.4 Å². The van der Waals surface area contributed by atoms with E-state index >= 15 is 0 Å². The van der Waals surface area contributed by atoms with Gasteiger partial charge in [0.25, 0.3) is 5.89 Å². The van der Waals surface area contributed by atoms with Crippen molar-refractivity contribution in [1.29, 1.82) is 0 Å². The third-order valence-electron chi connectivity index (χ3n) is 4.79. The zero-order valence-electron chi connectivity index (χ0n) is 16.8. The van der Waals surface area contributed by atoms with Gasteiger partial charge in [-0.25, -0.2) is 0 Å². The molecule has 2 heterocycles. The number of amides is 1. The van der Waals surface area contributed by atoms with Crippen LogP contribution in [0.3, 0.4) is 0 Å². The second kappa shape index (κ2) is 8.65. The fraction of sp³-hybridized carbons (Fsp3) is 0.174. The standard InChI is InChI=1S/C23H22N4O3/c1-16-25-26-23(30-16)19-15-18(10-11-21(19)29-2)24-22(28)20(27-12-6-7-13-27)14-17-8-4-3-5-9-17/h3-13,15,20H,14H2,1-2H3,(H,24,28). The summed E-state index contributed by atoms with van der Waals surface area (Å²) in [5.41, 5.74) is 2.33. The Morgan fingerprint density at radius 2 is 1.87 bits per heavy atom. The fourth-order valence-corrected chi connectivity index (χ4v) is 3.31. The molecule has 0 bridgehead atoms. The number of nitrogens with one attached hydrogen (secondary N) is 1. The molecule has 7 nitrogen and oxygen atoms in total. The maximum absolute atomic E-state index is 13.2. The molecule has 0 aliphatic heterocycles. The number of hydrogen-bond acceptors (Lipinski definition) is 5. The quantitative estimate of drug-likeness (QED) is 0.499. The summed E-state index contributed by atoms with van der Waals surface area (Å²) >= 11 is 0. The Labute approximate surface area is 174 Å². The maximum atomic E-state index is 13.2. The molecule has 1 amide bonds. The first-order valence-electron chi connectivity index (χ1n) is 9.60. The van der Waals surface area contributed by atoms with Gasteiger partial charge < -0.3 is 19.0 Å². The van der Waals surface area contributed by atoms with Crippen LogP contribution in [0.25, 0.3) is 11.5 Å². The summed E-state index contributed by atoms with van der Waals surface area (Å²) in [4.78, 5) is 13.2. The van der Waals surface area contributed by atoms with Gasteiger partial charge in [0.05, 0.1) is 12.7 Å². The zero-order chi connectivity index (χ0) is 20.9. The van der Waals surface area contributed by atoms with Gasteiger partial charge in [0.2, 0.25) is 11.8 Å². The number of rotatable bonds is 7. The monoisotopic (exact) mass is 402 g/mol. The predicted molar refractivity (Wildman–Crippen MR) is 113 cm³/mol. The highest BCUT2D eigenvalue weighted by Crippen LogP contribution is 2.32. The maximum Gasteiger partial charge on any atom is 0.251 e. The normalized spacial score (nSPS) is 11.8. The van der Waals surface area contributed by atoms with Crippen LogP contribution in [-0.2, 0) is 11.2 Å². The van der Waals surface area contributed by atoms with Crippen LogP contribution >= 0.6 is 0 Å². The third kappa shape index (κ3) is 4.25. The molecule has 0 fully saturated rings. The Hall–Kier alpha value is -3.87. The van der Waals surface area contributed by atoms with Crippen molar-refractivity contribution in [1.82, 2.24) is 14.8 Å². The Bertz CT molecular complexity index is 1120. The van der Waals surface area contributed by atoms with Crippen molar-refractivity contribution in [3.63, 3.8) is 0 Å². The lowest BCUT2D eigenvalue weighted by Crippen LogP contribution is -2.27. The fourth-order valence-electron chi connectivity index (χ4n) is 3.31. The van der Waals surface area contributed by atoms with Gasteiger partial charge >= 0.3 is 0 Å². The van der Waals surface area contributed by atoms with E-state index in [2.05, 4.69) is 15.5 Å². The lowest BCUT2D eigenvalue weighted by Gasteiger charge is -2.19. The van der Waals surface area contributed by atoms with Crippen molar-refractivity contribution in [3.8, 4) is 17.2 Å². The van der Waals surface area contributed by atoms with Gasteiger partial charge in [-0.05, 0) is 35.9 Å². The summed E-state index contributed by atoms with van der Waals surface area (Å²) in [6, 6.07) is 18.7. The third-order valence-corrected chi connectivity index (χ3v) is 4.79. The second-order valence-electron chi connectivity index (χ2n) is 6.87. The Morgan fingerprint density at radius 1 is 1.10 bits per heavy atom. The highest BCUT2D eigenvalue weighted by atomic mass is 16.5. The first-order chi connectivity index (χ1) is 14.6. The van der Waals surface area contributed by atoms with Crippen molar-refractivity contribution < 1.29 is 13.9 Å². The van der Waals surface area contributed by atoms with Crippen LogP contribution in [0.5, 0.6) is 5.75 Å². The first-order valence-corrected chi connectivity index (χ1v) is 9.60. The van der Waals surface area contributed by atoms with Gasteiger partial charge in [-0.2, -0.15) is 0 Å². The molecule has 0 aliphatic rings. The van der Waals surface area contributed by atoms with E-state index in [0.717, 1.165) is 5.56 Å². The number of hydrogen-bond donors (Lipinski definition) is 1. The average molecular weight is 402 g/mol. The van der Waals surface area contributed by atoms with Gasteiger partial charge in [0, 0.05) is 31.4 Å². The van der Waals surface area contributed by atoms with Crippen LogP contribution in [0.1, 0.15) is 17.5 Å². The van der Waals surface area contributed by atoms with Crippen molar-refractivity contribution in [2.45, 2.75) is 19.4 Å². The van der Waals surface area contributed by atoms with Gasteiger partial charge in [-0.1, -0.05) is 30.3 Å². The lowest BCUT2D eigenvalue weighted by atomic mass is 10.0. The number of aromatic nitrogens is 3. The van der Waals surface area contributed by atoms with Gasteiger partial charge in [0.15, 0.2) is 0 Å². The van der Waals surface area contributed by atoms with E-state index in [9.17, 15) is 4.79 Å². The molecule has 7 heteroatoms. The van der Waals surface area contributed by atoms with Crippen LogP contribution in [0.4, 0.5) is 5.69 Å². The van der Waals surface area contributed by atoms with Crippen molar-refractivity contribution in [2.24, 2.45) is 0 Å². The molecule has 30 heavy (non-hydrogen) atoms. The molecule has 1 unspecified atom stereocenters. The molecule has 4 rings (SSSR count). The molecular formula is C23H22N4O3. The van der Waals surface area contributed by atoms with Crippen LogP contribution < -0.4 is 10.1 Å². The molecule has 1 atom stereocenters. The summed E-state index contributed by atoms with van der Waals surface area (Å²) in [6.07, 6.45) is 4.37. The van der Waals surface area contributed by atoms with E-state index in [-0.39, 0.29) is 5.91 Å². The summed E-state index contributed by atoms with van der Waals surface area (Å²) < 4.78 is 12.9. The van der Waals surface area contributed by atoms with E-state index in [1.54, 1.807) is 32.2 Å². The number of carbonyl (C=O) groups excluding carboxylic acids is 1. The largest absolute Gasteiger partial charge is 0.496 e. The van der Waals surface area contributed by atoms with E-state index in [4.69, 9.17) is 9.15 Å². The summed E-state index contributed by atoms with van der Waals surface area (Å²) in [7, 11) is 1.57. The van der Waals surface area contributed by atoms with E-state index in [0.29, 0.717) is 35.2 Å².